The molecule has 2 aromatic heterocycles. The molecule has 1 aliphatic heterocycles. The summed E-state index contributed by atoms with van der Waals surface area (Å²) in [6.07, 6.45) is -2.14. The second-order valence-electron chi connectivity index (χ2n) is 5.00. The molecule has 23 heavy (non-hydrogen) atoms. The highest BCUT2D eigenvalue weighted by Crippen LogP contribution is 2.31. The maximum absolute atomic E-state index is 12.6. The number of halogens is 3. The molecular weight excluding hydrogens is 309 g/mol. The van der Waals surface area contributed by atoms with Crippen LogP contribution >= 0.6 is 0 Å². The Kier molecular flexibility index (Phi) is 3.78. The SMILES string of the molecule is N#Cc1ncccc1N1CC(Oc2ccnc(C(F)(F)F)c2)C1. The largest absolute Gasteiger partial charge is 0.487 e. The Balaban J connectivity index is 1.64. The summed E-state index contributed by atoms with van der Waals surface area (Å²) in [5.74, 6) is 0.128. The van der Waals surface area contributed by atoms with Crippen LogP contribution in [0.4, 0.5) is 18.9 Å². The lowest BCUT2D eigenvalue weighted by molar-refractivity contribution is -0.141. The summed E-state index contributed by atoms with van der Waals surface area (Å²) in [5.41, 5.74) is 0.0278. The van der Waals surface area contributed by atoms with Crippen LogP contribution in [0.25, 0.3) is 0 Å². The molecule has 0 aromatic carbocycles. The Bertz CT molecular complexity index is 751. The molecule has 118 valence electrons. The standard InChI is InChI=1S/C15H11F3N4O/c16-15(17,18)14-6-10(3-5-21-14)23-11-8-22(9-11)13-2-1-4-20-12(13)7-19/h1-6,11H,8-9H2. The van der Waals surface area contributed by atoms with Crippen molar-refractivity contribution in [1.29, 1.82) is 5.26 Å². The molecule has 0 aliphatic carbocycles. The summed E-state index contributed by atoms with van der Waals surface area (Å²) in [6, 6.07) is 7.78. The van der Waals surface area contributed by atoms with Crippen LogP contribution in [0.5, 0.6) is 5.75 Å². The van der Waals surface area contributed by atoms with Gasteiger partial charge in [-0.15, -0.1) is 0 Å². The van der Waals surface area contributed by atoms with Crippen LogP contribution in [0.1, 0.15) is 11.4 Å². The molecule has 1 aliphatic rings. The summed E-state index contributed by atoms with van der Waals surface area (Å²) < 4.78 is 43.3. The van der Waals surface area contributed by atoms with E-state index in [-0.39, 0.29) is 11.9 Å². The van der Waals surface area contributed by atoms with Gasteiger partial charge in [0.2, 0.25) is 0 Å². The number of hydrogen-bond acceptors (Lipinski definition) is 5. The number of pyridine rings is 2. The zero-order chi connectivity index (χ0) is 16.4. The van der Waals surface area contributed by atoms with Gasteiger partial charge >= 0.3 is 6.18 Å². The highest BCUT2D eigenvalue weighted by atomic mass is 19.4. The number of rotatable bonds is 3. The van der Waals surface area contributed by atoms with Crippen molar-refractivity contribution < 1.29 is 17.9 Å². The summed E-state index contributed by atoms with van der Waals surface area (Å²) in [4.78, 5) is 9.15. The number of nitrogens with zero attached hydrogens (tertiary/aromatic N) is 4. The molecule has 3 rings (SSSR count). The van der Waals surface area contributed by atoms with Crippen molar-refractivity contribution in [1.82, 2.24) is 9.97 Å². The highest BCUT2D eigenvalue weighted by Gasteiger charge is 2.34. The van der Waals surface area contributed by atoms with Gasteiger partial charge in [0.05, 0.1) is 18.8 Å². The number of aromatic nitrogens is 2. The van der Waals surface area contributed by atoms with Crippen molar-refractivity contribution in [3.05, 3.63) is 48.0 Å². The van der Waals surface area contributed by atoms with E-state index in [2.05, 4.69) is 9.97 Å². The molecule has 0 bridgehead atoms. The van der Waals surface area contributed by atoms with Crippen molar-refractivity contribution in [3.63, 3.8) is 0 Å². The first-order valence-corrected chi connectivity index (χ1v) is 6.77. The fourth-order valence-electron chi connectivity index (χ4n) is 2.28. The molecule has 2 aromatic rings. The van der Waals surface area contributed by atoms with Crippen molar-refractivity contribution in [2.75, 3.05) is 18.0 Å². The normalized spacial score (nSPS) is 15.0. The minimum atomic E-state index is -4.50. The van der Waals surface area contributed by atoms with Crippen molar-refractivity contribution in [2.45, 2.75) is 12.3 Å². The highest BCUT2D eigenvalue weighted by molar-refractivity contribution is 5.57. The molecule has 0 amide bonds. The summed E-state index contributed by atoms with van der Waals surface area (Å²) in [7, 11) is 0. The maximum atomic E-state index is 12.6. The Morgan fingerprint density at radius 1 is 1.22 bits per heavy atom. The van der Waals surface area contributed by atoms with E-state index < -0.39 is 11.9 Å². The third kappa shape index (κ3) is 3.18. The first-order chi connectivity index (χ1) is 11.0. The molecule has 8 heteroatoms. The molecular formula is C15H11F3N4O. The van der Waals surface area contributed by atoms with E-state index in [1.807, 2.05) is 11.0 Å². The van der Waals surface area contributed by atoms with E-state index in [1.165, 1.54) is 12.3 Å². The first kappa shape index (κ1) is 15.1. The van der Waals surface area contributed by atoms with Crippen LogP contribution in [0.3, 0.4) is 0 Å². The average Bonchev–Trinajstić information content (AvgIpc) is 2.50. The number of hydrogen-bond donors (Lipinski definition) is 0. The molecule has 0 saturated carbocycles. The predicted octanol–water partition coefficient (Wildman–Crippen LogP) is 2.63. The molecule has 3 heterocycles. The van der Waals surface area contributed by atoms with Gasteiger partial charge in [0.15, 0.2) is 5.69 Å². The number of alkyl halides is 3. The Labute approximate surface area is 130 Å². The third-order valence-electron chi connectivity index (χ3n) is 3.41. The smallest absolute Gasteiger partial charge is 0.433 e. The maximum Gasteiger partial charge on any atom is 0.433 e. The molecule has 0 N–H and O–H groups in total. The van der Waals surface area contributed by atoms with E-state index in [0.29, 0.717) is 24.5 Å². The van der Waals surface area contributed by atoms with E-state index in [4.69, 9.17) is 10.00 Å². The van der Waals surface area contributed by atoms with Gasteiger partial charge in [-0.25, -0.2) is 4.98 Å². The average molecular weight is 320 g/mol. The predicted molar refractivity (Wildman–Crippen MR) is 74.8 cm³/mol. The zero-order valence-corrected chi connectivity index (χ0v) is 11.8. The van der Waals surface area contributed by atoms with E-state index >= 15 is 0 Å². The van der Waals surface area contributed by atoms with E-state index in [9.17, 15) is 13.2 Å². The van der Waals surface area contributed by atoms with E-state index in [0.717, 1.165) is 12.3 Å². The summed E-state index contributed by atoms with van der Waals surface area (Å²) >= 11 is 0. The summed E-state index contributed by atoms with van der Waals surface area (Å²) in [5, 5.41) is 9.01. The van der Waals surface area contributed by atoms with Crippen LogP contribution < -0.4 is 9.64 Å². The second-order valence-corrected chi connectivity index (χ2v) is 5.00. The minimum Gasteiger partial charge on any atom is -0.487 e. The molecule has 5 nitrogen and oxygen atoms in total. The van der Waals surface area contributed by atoms with Gasteiger partial charge in [-0.3, -0.25) is 4.98 Å². The van der Waals surface area contributed by atoms with E-state index in [1.54, 1.807) is 12.1 Å². The van der Waals surface area contributed by atoms with Gasteiger partial charge in [-0.2, -0.15) is 18.4 Å². The lowest BCUT2D eigenvalue weighted by atomic mass is 10.1. The lowest BCUT2D eigenvalue weighted by Crippen LogP contribution is -2.54. The Hall–Kier alpha value is -2.82. The van der Waals surface area contributed by atoms with Gasteiger partial charge < -0.3 is 9.64 Å². The van der Waals surface area contributed by atoms with Crippen molar-refractivity contribution >= 4 is 5.69 Å². The molecule has 1 fully saturated rings. The van der Waals surface area contributed by atoms with Gasteiger partial charge in [0, 0.05) is 18.5 Å². The van der Waals surface area contributed by atoms with Crippen LogP contribution in [0.2, 0.25) is 0 Å². The van der Waals surface area contributed by atoms with Gasteiger partial charge in [-0.1, -0.05) is 0 Å². The van der Waals surface area contributed by atoms with Gasteiger partial charge in [0.25, 0.3) is 0 Å². The Morgan fingerprint density at radius 2 is 2.00 bits per heavy atom. The first-order valence-electron chi connectivity index (χ1n) is 6.77. The van der Waals surface area contributed by atoms with Crippen LogP contribution in [-0.4, -0.2) is 29.2 Å². The molecule has 1 saturated heterocycles. The molecule has 0 radical (unpaired) electrons. The van der Waals surface area contributed by atoms with Crippen LogP contribution in [-0.2, 0) is 6.18 Å². The van der Waals surface area contributed by atoms with Crippen LogP contribution in [0, 0.1) is 11.3 Å². The molecule has 0 spiro atoms. The number of nitriles is 1. The molecule has 0 unspecified atom stereocenters. The second kappa shape index (κ2) is 5.76. The van der Waals surface area contributed by atoms with Crippen molar-refractivity contribution in [3.8, 4) is 11.8 Å². The third-order valence-corrected chi connectivity index (χ3v) is 3.41. The monoisotopic (exact) mass is 320 g/mol. The van der Waals surface area contributed by atoms with Crippen LogP contribution in [0.15, 0.2) is 36.7 Å². The van der Waals surface area contributed by atoms with Gasteiger partial charge in [-0.05, 0) is 18.2 Å². The Morgan fingerprint density at radius 3 is 2.70 bits per heavy atom. The number of anilines is 1. The summed E-state index contributed by atoms with van der Waals surface area (Å²) in [6.45, 7) is 0.952. The molecule has 0 atom stereocenters. The quantitative estimate of drug-likeness (QED) is 0.870. The lowest BCUT2D eigenvalue weighted by Gasteiger charge is -2.40. The minimum absolute atomic E-state index is 0.128. The van der Waals surface area contributed by atoms with Crippen molar-refractivity contribution in [2.24, 2.45) is 0 Å². The topological polar surface area (TPSA) is 62.0 Å². The van der Waals surface area contributed by atoms with Gasteiger partial charge in [0.1, 0.15) is 23.6 Å². The fraction of sp³-hybridized carbons (Fsp3) is 0.267. The number of ether oxygens (including phenoxy) is 1. The zero-order valence-electron chi connectivity index (χ0n) is 11.8. The fourth-order valence-corrected chi connectivity index (χ4v) is 2.28.